The second-order valence-electron chi connectivity index (χ2n) is 3.96. The van der Waals surface area contributed by atoms with E-state index in [-0.39, 0.29) is 6.42 Å². The number of hydrogen-bond acceptors (Lipinski definition) is 2. The predicted molar refractivity (Wildman–Crippen MR) is 46.4 cm³/mol. The Morgan fingerprint density at radius 2 is 1.33 bits per heavy atom. The number of halogens is 6. The SMILES string of the molecule is CCC(C)N1C(=O)C(F)(F)C(F)(F)C(F)(F)C1=O. The first-order valence-corrected chi connectivity index (χ1v) is 4.94. The van der Waals surface area contributed by atoms with Gasteiger partial charge in [-0.15, -0.1) is 0 Å². The molecule has 9 heteroatoms. The smallest absolute Gasteiger partial charge is 0.269 e. The number of carbonyl (C=O) groups is 2. The van der Waals surface area contributed by atoms with E-state index in [1.165, 1.54) is 6.92 Å². The van der Waals surface area contributed by atoms with Crippen LogP contribution in [-0.2, 0) is 9.59 Å². The van der Waals surface area contributed by atoms with Crippen molar-refractivity contribution in [1.29, 1.82) is 0 Å². The zero-order valence-corrected chi connectivity index (χ0v) is 9.32. The van der Waals surface area contributed by atoms with Crippen LogP contribution in [0.25, 0.3) is 0 Å². The normalized spacial score (nSPS) is 27.2. The highest BCUT2D eigenvalue weighted by atomic mass is 19.3. The number of piperidine rings is 1. The summed E-state index contributed by atoms with van der Waals surface area (Å²) in [6, 6.07) is -1.32. The molecule has 0 aliphatic carbocycles. The van der Waals surface area contributed by atoms with Crippen molar-refractivity contribution in [3.63, 3.8) is 0 Å². The number of likely N-dealkylation sites (tertiary alicyclic amines) is 1. The van der Waals surface area contributed by atoms with Gasteiger partial charge in [0.25, 0.3) is 0 Å². The molecule has 0 aromatic carbocycles. The Morgan fingerprint density at radius 1 is 1.00 bits per heavy atom. The van der Waals surface area contributed by atoms with Crippen molar-refractivity contribution < 1.29 is 35.9 Å². The second kappa shape index (κ2) is 3.86. The van der Waals surface area contributed by atoms with E-state index in [0.29, 0.717) is 0 Å². The van der Waals surface area contributed by atoms with Gasteiger partial charge in [0.1, 0.15) is 0 Å². The highest BCUT2D eigenvalue weighted by molar-refractivity contribution is 6.06. The van der Waals surface area contributed by atoms with Gasteiger partial charge in [-0.1, -0.05) is 6.92 Å². The third kappa shape index (κ3) is 1.52. The highest BCUT2D eigenvalue weighted by Gasteiger charge is 2.83. The summed E-state index contributed by atoms with van der Waals surface area (Å²) in [5.41, 5.74) is 0. The number of amides is 2. The van der Waals surface area contributed by atoms with Crippen molar-refractivity contribution >= 4 is 11.8 Å². The molecule has 1 aliphatic heterocycles. The third-order valence-electron chi connectivity index (χ3n) is 2.80. The van der Waals surface area contributed by atoms with E-state index >= 15 is 0 Å². The van der Waals surface area contributed by atoms with E-state index in [1.54, 1.807) is 0 Å². The molecule has 1 fully saturated rings. The van der Waals surface area contributed by atoms with Crippen LogP contribution in [0, 0.1) is 0 Å². The van der Waals surface area contributed by atoms with Crippen LogP contribution < -0.4 is 0 Å². The fourth-order valence-electron chi connectivity index (χ4n) is 1.44. The van der Waals surface area contributed by atoms with Crippen LogP contribution in [0.3, 0.4) is 0 Å². The first-order valence-electron chi connectivity index (χ1n) is 4.94. The molecule has 1 heterocycles. The van der Waals surface area contributed by atoms with E-state index in [9.17, 15) is 35.9 Å². The van der Waals surface area contributed by atoms with Crippen LogP contribution in [0.5, 0.6) is 0 Å². The van der Waals surface area contributed by atoms with Crippen molar-refractivity contribution in [2.45, 2.75) is 44.1 Å². The number of rotatable bonds is 2. The quantitative estimate of drug-likeness (QED) is 0.572. The Kier molecular flexibility index (Phi) is 3.17. The molecule has 18 heavy (non-hydrogen) atoms. The fraction of sp³-hybridized carbons (Fsp3) is 0.778. The summed E-state index contributed by atoms with van der Waals surface area (Å²) >= 11 is 0. The topological polar surface area (TPSA) is 37.4 Å². The summed E-state index contributed by atoms with van der Waals surface area (Å²) in [4.78, 5) is 21.7. The number of nitrogens with zero attached hydrogens (tertiary/aromatic N) is 1. The Bertz CT molecular complexity index is 365. The number of imide groups is 1. The lowest BCUT2D eigenvalue weighted by atomic mass is 9.95. The van der Waals surface area contributed by atoms with E-state index < -0.39 is 40.5 Å². The van der Waals surface area contributed by atoms with Gasteiger partial charge in [0, 0.05) is 6.04 Å². The highest BCUT2D eigenvalue weighted by Crippen LogP contribution is 2.51. The number of alkyl halides is 6. The molecule has 0 bridgehead atoms. The van der Waals surface area contributed by atoms with Gasteiger partial charge >= 0.3 is 29.6 Å². The monoisotopic (exact) mass is 277 g/mol. The summed E-state index contributed by atoms with van der Waals surface area (Å²) < 4.78 is 77.7. The lowest BCUT2D eigenvalue weighted by Crippen LogP contribution is -2.73. The summed E-state index contributed by atoms with van der Waals surface area (Å²) in [5.74, 6) is -22.5. The van der Waals surface area contributed by atoms with Gasteiger partial charge in [-0.05, 0) is 13.3 Å². The molecular formula is C9H9F6NO2. The van der Waals surface area contributed by atoms with Crippen molar-refractivity contribution in [2.75, 3.05) is 0 Å². The molecule has 1 unspecified atom stereocenters. The van der Waals surface area contributed by atoms with Gasteiger partial charge in [-0.2, -0.15) is 26.3 Å². The molecule has 0 aromatic rings. The van der Waals surface area contributed by atoms with Gasteiger partial charge in [-0.3, -0.25) is 14.5 Å². The lowest BCUT2D eigenvalue weighted by Gasteiger charge is -2.42. The Morgan fingerprint density at radius 3 is 1.61 bits per heavy atom. The first kappa shape index (κ1) is 14.8. The maximum Gasteiger partial charge on any atom is 0.393 e. The average Bonchev–Trinajstić information content (AvgIpc) is 2.26. The minimum Gasteiger partial charge on any atom is -0.269 e. The molecule has 1 aliphatic rings. The second-order valence-corrected chi connectivity index (χ2v) is 3.96. The summed E-state index contributed by atoms with van der Waals surface area (Å²) in [7, 11) is 0. The maximum absolute atomic E-state index is 13.0. The van der Waals surface area contributed by atoms with Crippen molar-refractivity contribution in [3.05, 3.63) is 0 Å². The van der Waals surface area contributed by atoms with Crippen LogP contribution >= 0.6 is 0 Å². The molecule has 104 valence electrons. The van der Waals surface area contributed by atoms with Gasteiger partial charge in [0.05, 0.1) is 0 Å². The fourth-order valence-corrected chi connectivity index (χ4v) is 1.44. The van der Waals surface area contributed by atoms with E-state index in [0.717, 1.165) is 6.92 Å². The van der Waals surface area contributed by atoms with Crippen LogP contribution in [0.1, 0.15) is 20.3 Å². The summed E-state index contributed by atoms with van der Waals surface area (Å²) in [6.45, 7) is 2.36. The Hall–Kier alpha value is -1.28. The summed E-state index contributed by atoms with van der Waals surface area (Å²) in [5, 5.41) is 0. The third-order valence-corrected chi connectivity index (χ3v) is 2.80. The standard InChI is InChI=1S/C9H9F6NO2/c1-3-4(2)16-5(17)7(10,11)9(14,15)8(12,13)6(16)18/h4H,3H2,1-2H3. The molecule has 3 nitrogen and oxygen atoms in total. The molecule has 2 amide bonds. The molecule has 0 radical (unpaired) electrons. The van der Waals surface area contributed by atoms with Crippen LogP contribution in [-0.4, -0.2) is 40.5 Å². The molecule has 0 aromatic heterocycles. The molecule has 1 atom stereocenters. The number of carbonyl (C=O) groups excluding carboxylic acids is 2. The zero-order valence-electron chi connectivity index (χ0n) is 9.32. The average molecular weight is 277 g/mol. The van der Waals surface area contributed by atoms with Crippen molar-refractivity contribution in [2.24, 2.45) is 0 Å². The minimum atomic E-state index is -6.03. The molecule has 1 rings (SSSR count). The van der Waals surface area contributed by atoms with Crippen LogP contribution in [0.15, 0.2) is 0 Å². The summed E-state index contributed by atoms with van der Waals surface area (Å²) in [6.07, 6.45) is -0.116. The molecule has 0 N–H and O–H groups in total. The molecule has 0 saturated carbocycles. The van der Waals surface area contributed by atoms with Crippen molar-refractivity contribution in [3.8, 4) is 0 Å². The molecular weight excluding hydrogens is 268 g/mol. The van der Waals surface area contributed by atoms with E-state index in [4.69, 9.17) is 0 Å². The Balaban J connectivity index is 3.40. The van der Waals surface area contributed by atoms with Gasteiger partial charge in [0.2, 0.25) is 0 Å². The lowest BCUT2D eigenvalue weighted by molar-refractivity contribution is -0.307. The number of hydrogen-bond donors (Lipinski definition) is 0. The van der Waals surface area contributed by atoms with E-state index in [1.807, 2.05) is 0 Å². The van der Waals surface area contributed by atoms with Gasteiger partial charge in [-0.25, -0.2) is 0 Å². The largest absolute Gasteiger partial charge is 0.393 e. The minimum absolute atomic E-state index is 0.116. The van der Waals surface area contributed by atoms with E-state index in [2.05, 4.69) is 0 Å². The predicted octanol–water partition coefficient (Wildman–Crippen LogP) is 2.06. The molecule has 1 saturated heterocycles. The van der Waals surface area contributed by atoms with Gasteiger partial charge < -0.3 is 0 Å². The zero-order chi connectivity index (χ0) is 14.5. The maximum atomic E-state index is 13.0. The van der Waals surface area contributed by atoms with Crippen LogP contribution in [0.4, 0.5) is 26.3 Å². The first-order chi connectivity index (χ1) is 7.92. The van der Waals surface area contributed by atoms with Crippen molar-refractivity contribution in [1.82, 2.24) is 4.90 Å². The molecule has 0 spiro atoms. The van der Waals surface area contributed by atoms with Gasteiger partial charge in [0.15, 0.2) is 0 Å². The Labute approximate surface area is 97.7 Å². The van der Waals surface area contributed by atoms with Crippen LogP contribution in [0.2, 0.25) is 0 Å².